The Morgan fingerprint density at radius 1 is 0.441 bits per heavy atom. The Hall–Kier alpha value is -0.570. The van der Waals surface area contributed by atoms with E-state index in [-0.39, 0.29) is 0 Å². The van der Waals surface area contributed by atoms with Crippen molar-refractivity contribution in [2.45, 2.75) is 169 Å². The van der Waals surface area contributed by atoms with Crippen LogP contribution in [0.2, 0.25) is 0 Å². The third-order valence-electron chi connectivity index (χ3n) is 6.67. The first kappa shape index (κ1) is 35.6. The predicted molar refractivity (Wildman–Crippen MR) is 153 cm³/mol. The number of carbonyl (C=O) groups is 1. The van der Waals surface area contributed by atoms with E-state index in [1.165, 1.54) is 154 Å². The van der Waals surface area contributed by atoms with E-state index in [0.29, 0.717) is 13.1 Å². The van der Waals surface area contributed by atoms with E-state index >= 15 is 0 Å². The van der Waals surface area contributed by atoms with Crippen LogP contribution >= 0.6 is 0 Å². The molecule has 0 rings (SSSR count). The molecular formula is C31H65NO2. The van der Waals surface area contributed by atoms with Crippen molar-refractivity contribution in [3.8, 4) is 0 Å². The summed E-state index contributed by atoms with van der Waals surface area (Å²) in [5.41, 5.74) is 0. The number of ether oxygens (including phenoxy) is 1. The summed E-state index contributed by atoms with van der Waals surface area (Å²) in [6, 6.07) is 0. The zero-order valence-electron chi connectivity index (χ0n) is 24.2. The quantitative estimate of drug-likeness (QED) is 0.0859. The van der Waals surface area contributed by atoms with Crippen LogP contribution in [0.15, 0.2) is 0 Å². The monoisotopic (exact) mass is 484 g/mol. The maximum Gasteiger partial charge on any atom is 0.293 e. The van der Waals surface area contributed by atoms with Crippen LogP contribution in [0.4, 0.5) is 0 Å². The molecule has 0 aliphatic rings. The number of carbonyl (C=O) groups excluding carboxylic acids is 1. The van der Waals surface area contributed by atoms with E-state index < -0.39 is 0 Å². The number of unbranched alkanes of at least 4 members (excludes halogenated alkanes) is 18. The van der Waals surface area contributed by atoms with Gasteiger partial charge in [0.1, 0.15) is 0 Å². The Balaban J connectivity index is 0. The second kappa shape index (κ2) is 34.6. The van der Waals surface area contributed by atoms with Crippen molar-refractivity contribution in [1.29, 1.82) is 0 Å². The van der Waals surface area contributed by atoms with Crippen LogP contribution in [-0.2, 0) is 9.53 Å². The molecular weight excluding hydrogens is 418 g/mol. The Kier molecular flexibility index (Phi) is 36.2. The first-order chi connectivity index (χ1) is 16.8. The summed E-state index contributed by atoms with van der Waals surface area (Å²) < 4.78 is 4.67. The van der Waals surface area contributed by atoms with Crippen molar-refractivity contribution in [1.82, 2.24) is 4.90 Å². The van der Waals surface area contributed by atoms with Gasteiger partial charge in [-0.1, -0.05) is 143 Å². The molecule has 0 aliphatic carbocycles. The van der Waals surface area contributed by atoms with Gasteiger partial charge in [0, 0.05) is 0 Å². The highest BCUT2D eigenvalue weighted by atomic mass is 16.5. The van der Waals surface area contributed by atoms with Gasteiger partial charge in [0.15, 0.2) is 0 Å². The standard InChI is InChI=1S/C19H38O2.C12H27N/c1-2-3-4-5-6-7-8-9-10-11-12-13-14-15-16-17-18-21-19-20;1-4-7-10-13(11-8-5-2)12-9-6-3/h19H,2-18H2,1H3;4-12H2,1-3H3. The molecule has 0 radical (unpaired) electrons. The molecule has 0 fully saturated rings. The van der Waals surface area contributed by atoms with Gasteiger partial charge >= 0.3 is 0 Å². The highest BCUT2D eigenvalue weighted by Crippen LogP contribution is 2.13. The zero-order chi connectivity index (χ0) is 25.4. The van der Waals surface area contributed by atoms with Crippen molar-refractivity contribution in [3.05, 3.63) is 0 Å². The van der Waals surface area contributed by atoms with Gasteiger partial charge in [0.2, 0.25) is 0 Å². The molecule has 0 saturated heterocycles. The summed E-state index contributed by atoms with van der Waals surface area (Å²) in [6.07, 6.45) is 30.0. The molecule has 3 heteroatoms. The normalized spacial score (nSPS) is 10.9. The van der Waals surface area contributed by atoms with Crippen molar-refractivity contribution < 1.29 is 9.53 Å². The Labute approximate surface area is 216 Å². The Morgan fingerprint density at radius 3 is 1.03 bits per heavy atom. The molecule has 0 saturated carbocycles. The summed E-state index contributed by atoms with van der Waals surface area (Å²) in [4.78, 5) is 12.6. The smallest absolute Gasteiger partial charge is 0.293 e. The van der Waals surface area contributed by atoms with Crippen molar-refractivity contribution >= 4 is 6.47 Å². The van der Waals surface area contributed by atoms with Crippen molar-refractivity contribution in [2.24, 2.45) is 0 Å². The number of hydrogen-bond acceptors (Lipinski definition) is 3. The SMILES string of the molecule is CCCCCCCCCCCCCCCCCCOC=O.CCCCN(CCCC)CCCC. The van der Waals surface area contributed by atoms with E-state index in [1.807, 2.05) is 0 Å². The maximum absolute atomic E-state index is 9.94. The molecule has 0 aliphatic heterocycles. The van der Waals surface area contributed by atoms with E-state index in [2.05, 4.69) is 37.3 Å². The second-order valence-corrected chi connectivity index (χ2v) is 10.2. The molecule has 0 spiro atoms. The highest BCUT2D eigenvalue weighted by Gasteiger charge is 2.02. The maximum atomic E-state index is 9.94. The topological polar surface area (TPSA) is 29.5 Å². The molecule has 0 unspecified atom stereocenters. The average molecular weight is 484 g/mol. The average Bonchev–Trinajstić information content (AvgIpc) is 2.86. The second-order valence-electron chi connectivity index (χ2n) is 10.2. The van der Waals surface area contributed by atoms with Crippen LogP contribution in [0.3, 0.4) is 0 Å². The van der Waals surface area contributed by atoms with E-state index in [4.69, 9.17) is 0 Å². The molecule has 0 heterocycles. The number of rotatable bonds is 27. The van der Waals surface area contributed by atoms with Crippen molar-refractivity contribution in [2.75, 3.05) is 26.2 Å². The first-order valence-electron chi connectivity index (χ1n) is 15.5. The third kappa shape index (κ3) is 33.6. The lowest BCUT2D eigenvalue weighted by atomic mass is 10.0. The molecule has 3 nitrogen and oxygen atoms in total. The molecule has 0 amide bonds. The van der Waals surface area contributed by atoms with Crippen LogP contribution in [-0.4, -0.2) is 37.6 Å². The lowest BCUT2D eigenvalue weighted by molar-refractivity contribution is -0.128. The zero-order valence-corrected chi connectivity index (χ0v) is 24.2. The van der Waals surface area contributed by atoms with Gasteiger partial charge in [0.05, 0.1) is 6.61 Å². The largest absolute Gasteiger partial charge is 0.468 e. The molecule has 0 N–H and O–H groups in total. The molecule has 0 aromatic rings. The lowest BCUT2D eigenvalue weighted by Gasteiger charge is -2.21. The molecule has 206 valence electrons. The summed E-state index contributed by atoms with van der Waals surface area (Å²) in [5.74, 6) is 0. The van der Waals surface area contributed by atoms with E-state index in [1.54, 1.807) is 0 Å². The Bertz CT molecular complexity index is 329. The van der Waals surface area contributed by atoms with Gasteiger partial charge in [-0.25, -0.2) is 0 Å². The minimum Gasteiger partial charge on any atom is -0.468 e. The van der Waals surface area contributed by atoms with Gasteiger partial charge < -0.3 is 9.64 Å². The fourth-order valence-corrected chi connectivity index (χ4v) is 4.26. The molecule has 0 aromatic carbocycles. The van der Waals surface area contributed by atoms with Crippen molar-refractivity contribution in [3.63, 3.8) is 0 Å². The summed E-state index contributed by atoms with van der Waals surface area (Å²) in [6.45, 7) is 14.2. The lowest BCUT2D eigenvalue weighted by Crippen LogP contribution is -2.27. The molecule has 0 aromatic heterocycles. The minimum absolute atomic E-state index is 0.547. The van der Waals surface area contributed by atoms with Gasteiger partial charge in [-0.3, -0.25) is 4.79 Å². The summed E-state index contributed by atoms with van der Waals surface area (Å²) in [7, 11) is 0. The third-order valence-corrected chi connectivity index (χ3v) is 6.67. The molecule has 34 heavy (non-hydrogen) atoms. The van der Waals surface area contributed by atoms with Gasteiger partial charge in [-0.15, -0.1) is 0 Å². The summed E-state index contributed by atoms with van der Waals surface area (Å²) >= 11 is 0. The van der Waals surface area contributed by atoms with Crippen LogP contribution < -0.4 is 0 Å². The first-order valence-corrected chi connectivity index (χ1v) is 15.5. The number of hydrogen-bond donors (Lipinski definition) is 0. The molecule has 0 atom stereocenters. The van der Waals surface area contributed by atoms with Crippen LogP contribution in [0.1, 0.15) is 169 Å². The van der Waals surface area contributed by atoms with Gasteiger partial charge in [0.25, 0.3) is 6.47 Å². The Morgan fingerprint density at radius 2 is 0.735 bits per heavy atom. The predicted octanol–water partition coefficient (Wildman–Crippen LogP) is 10.1. The van der Waals surface area contributed by atoms with Crippen LogP contribution in [0.25, 0.3) is 0 Å². The van der Waals surface area contributed by atoms with Gasteiger partial charge in [-0.2, -0.15) is 0 Å². The van der Waals surface area contributed by atoms with E-state index in [0.717, 1.165) is 6.42 Å². The number of nitrogens with zero attached hydrogens (tertiary/aromatic N) is 1. The van der Waals surface area contributed by atoms with E-state index in [9.17, 15) is 4.79 Å². The van der Waals surface area contributed by atoms with Crippen LogP contribution in [0, 0.1) is 0 Å². The fourth-order valence-electron chi connectivity index (χ4n) is 4.26. The van der Waals surface area contributed by atoms with Crippen LogP contribution in [0.5, 0.6) is 0 Å². The summed E-state index contributed by atoms with van der Waals surface area (Å²) in [5, 5.41) is 0. The minimum atomic E-state index is 0.547. The highest BCUT2D eigenvalue weighted by molar-refractivity contribution is 5.36. The molecule has 0 bridgehead atoms. The van der Waals surface area contributed by atoms with Gasteiger partial charge in [-0.05, 0) is 45.3 Å². The fraction of sp³-hybridized carbons (Fsp3) is 0.968.